The molecule has 0 unspecified atom stereocenters. The van der Waals surface area contributed by atoms with Crippen LogP contribution in [0.2, 0.25) is 0 Å². The molecular formula is C25H23N3O6. The van der Waals surface area contributed by atoms with Crippen molar-refractivity contribution in [3.63, 3.8) is 0 Å². The lowest BCUT2D eigenvalue weighted by atomic mass is 10.0. The predicted octanol–water partition coefficient (Wildman–Crippen LogP) is 3.45. The Bertz CT molecular complexity index is 1370. The second kappa shape index (κ2) is 10.0. The van der Waals surface area contributed by atoms with Gasteiger partial charge >= 0.3 is 5.63 Å². The molecule has 0 bridgehead atoms. The van der Waals surface area contributed by atoms with Crippen molar-refractivity contribution < 1.29 is 23.2 Å². The summed E-state index contributed by atoms with van der Waals surface area (Å²) in [4.78, 5) is 41.3. The van der Waals surface area contributed by atoms with E-state index < -0.39 is 5.63 Å². The van der Waals surface area contributed by atoms with Crippen LogP contribution in [0, 0.1) is 6.92 Å². The molecule has 0 spiro atoms. The molecule has 4 aromatic rings. The van der Waals surface area contributed by atoms with E-state index in [1.54, 1.807) is 62.7 Å². The van der Waals surface area contributed by atoms with Crippen molar-refractivity contribution in [3.8, 4) is 17.1 Å². The fourth-order valence-electron chi connectivity index (χ4n) is 3.56. The van der Waals surface area contributed by atoms with Gasteiger partial charge in [0.15, 0.2) is 0 Å². The van der Waals surface area contributed by atoms with Gasteiger partial charge in [-0.3, -0.25) is 14.6 Å². The van der Waals surface area contributed by atoms with Gasteiger partial charge in [0.05, 0.1) is 25.4 Å². The Balaban J connectivity index is 1.51. The summed E-state index contributed by atoms with van der Waals surface area (Å²) in [6.45, 7) is 1.78. The number of nitrogens with zero attached hydrogens (tertiary/aromatic N) is 1. The highest BCUT2D eigenvalue weighted by atomic mass is 16.5. The molecule has 2 amide bonds. The maximum absolute atomic E-state index is 12.7. The zero-order valence-electron chi connectivity index (χ0n) is 18.7. The van der Waals surface area contributed by atoms with E-state index in [-0.39, 0.29) is 36.6 Å². The standard InChI is InChI=1S/C25H23N3O6/c1-15-12-20-23(25(31)33-15)19(24(34-20)16-5-7-18(32-2)8-6-16)13-22(30)27-11-9-21(29)28-17-4-3-10-26-14-17/h3-8,10,12,14H,9,11,13H2,1-2H3,(H,27,30)(H,28,29). The Labute approximate surface area is 194 Å². The van der Waals surface area contributed by atoms with E-state index in [1.807, 2.05) is 0 Å². The smallest absolute Gasteiger partial charge is 0.347 e. The number of hydrogen-bond donors (Lipinski definition) is 2. The van der Waals surface area contributed by atoms with E-state index in [0.717, 1.165) is 0 Å². The second-order valence-electron chi connectivity index (χ2n) is 7.59. The molecule has 9 heteroatoms. The van der Waals surface area contributed by atoms with E-state index in [1.165, 1.54) is 6.20 Å². The van der Waals surface area contributed by atoms with E-state index in [4.69, 9.17) is 13.6 Å². The molecule has 0 atom stereocenters. The molecule has 1 aromatic carbocycles. The maximum atomic E-state index is 12.7. The summed E-state index contributed by atoms with van der Waals surface area (Å²) >= 11 is 0. The van der Waals surface area contributed by atoms with E-state index >= 15 is 0 Å². The largest absolute Gasteiger partial charge is 0.497 e. The number of furan rings is 1. The summed E-state index contributed by atoms with van der Waals surface area (Å²) in [5.74, 6) is 0.867. The Morgan fingerprint density at radius 2 is 1.88 bits per heavy atom. The normalized spacial score (nSPS) is 10.8. The highest BCUT2D eigenvalue weighted by Gasteiger charge is 2.22. The molecule has 2 N–H and O–H groups in total. The summed E-state index contributed by atoms with van der Waals surface area (Å²) in [5, 5.41) is 5.65. The van der Waals surface area contributed by atoms with Gasteiger partial charge < -0.3 is 24.2 Å². The molecule has 0 fully saturated rings. The molecule has 3 heterocycles. The average Bonchev–Trinajstić information content (AvgIpc) is 3.17. The van der Waals surface area contributed by atoms with Crippen LogP contribution in [0.5, 0.6) is 5.75 Å². The lowest BCUT2D eigenvalue weighted by molar-refractivity contribution is -0.120. The molecule has 3 aromatic heterocycles. The molecule has 0 aliphatic rings. The highest BCUT2D eigenvalue weighted by Crippen LogP contribution is 2.33. The minimum atomic E-state index is -0.572. The van der Waals surface area contributed by atoms with Crippen molar-refractivity contribution in [2.24, 2.45) is 0 Å². The first kappa shape index (κ1) is 22.8. The first-order valence-electron chi connectivity index (χ1n) is 10.6. The monoisotopic (exact) mass is 461 g/mol. The van der Waals surface area contributed by atoms with Crippen molar-refractivity contribution in [2.45, 2.75) is 19.8 Å². The number of fused-ring (bicyclic) bond motifs is 1. The minimum Gasteiger partial charge on any atom is -0.497 e. The van der Waals surface area contributed by atoms with Crippen LogP contribution >= 0.6 is 0 Å². The van der Waals surface area contributed by atoms with Gasteiger partial charge in [-0.2, -0.15) is 0 Å². The number of anilines is 1. The zero-order valence-corrected chi connectivity index (χ0v) is 18.7. The summed E-state index contributed by atoms with van der Waals surface area (Å²) in [6.07, 6.45) is 3.11. The van der Waals surface area contributed by atoms with Crippen LogP contribution in [-0.2, 0) is 16.0 Å². The number of benzene rings is 1. The number of carbonyl (C=O) groups excluding carboxylic acids is 2. The molecule has 0 saturated heterocycles. The molecule has 34 heavy (non-hydrogen) atoms. The Morgan fingerprint density at radius 3 is 2.59 bits per heavy atom. The number of aromatic nitrogens is 1. The molecule has 174 valence electrons. The minimum absolute atomic E-state index is 0.0828. The lowest BCUT2D eigenvalue weighted by Gasteiger charge is -2.07. The number of nitrogens with one attached hydrogen (secondary N) is 2. The van der Waals surface area contributed by atoms with Gasteiger partial charge in [0.1, 0.15) is 28.2 Å². The van der Waals surface area contributed by atoms with E-state index in [9.17, 15) is 14.4 Å². The number of carbonyl (C=O) groups is 2. The fraction of sp³-hybridized carbons (Fsp3) is 0.200. The third-order valence-corrected chi connectivity index (χ3v) is 5.14. The molecule has 0 saturated carbocycles. The van der Waals surface area contributed by atoms with E-state index in [0.29, 0.717) is 39.7 Å². The van der Waals surface area contributed by atoms with Crippen LogP contribution in [0.3, 0.4) is 0 Å². The number of amides is 2. The van der Waals surface area contributed by atoms with Gasteiger partial charge in [0.25, 0.3) is 0 Å². The van der Waals surface area contributed by atoms with Crippen LogP contribution in [0.25, 0.3) is 22.3 Å². The van der Waals surface area contributed by atoms with Gasteiger partial charge in [-0.15, -0.1) is 0 Å². The van der Waals surface area contributed by atoms with Gasteiger partial charge in [-0.25, -0.2) is 4.79 Å². The number of rotatable bonds is 8. The number of ether oxygens (including phenoxy) is 1. The van der Waals surface area contributed by atoms with Crippen LogP contribution in [-0.4, -0.2) is 30.5 Å². The molecule has 9 nitrogen and oxygen atoms in total. The van der Waals surface area contributed by atoms with E-state index in [2.05, 4.69) is 15.6 Å². The SMILES string of the molecule is COc1ccc(-c2oc3cc(C)oc(=O)c3c2CC(=O)NCCC(=O)Nc2cccnc2)cc1. The van der Waals surface area contributed by atoms with Crippen LogP contribution in [0.15, 0.2) is 68.5 Å². The van der Waals surface area contributed by atoms with Gasteiger partial charge in [-0.1, -0.05) is 0 Å². The summed E-state index contributed by atoms with van der Waals surface area (Å²) in [5.41, 5.74) is 1.46. The fourth-order valence-corrected chi connectivity index (χ4v) is 3.56. The Kier molecular flexibility index (Phi) is 6.72. The number of aryl methyl sites for hydroxylation is 1. The van der Waals surface area contributed by atoms with Crippen molar-refractivity contribution in [1.29, 1.82) is 0 Å². The molecule has 4 rings (SSSR count). The molecule has 0 aliphatic heterocycles. The predicted molar refractivity (Wildman–Crippen MR) is 126 cm³/mol. The van der Waals surface area contributed by atoms with Gasteiger partial charge in [0, 0.05) is 36.4 Å². The van der Waals surface area contributed by atoms with Gasteiger partial charge in [0.2, 0.25) is 11.8 Å². The van der Waals surface area contributed by atoms with Crippen molar-refractivity contribution in [2.75, 3.05) is 19.0 Å². The van der Waals surface area contributed by atoms with Crippen LogP contribution in [0.1, 0.15) is 17.7 Å². The summed E-state index contributed by atoms with van der Waals surface area (Å²) in [7, 11) is 1.57. The van der Waals surface area contributed by atoms with Crippen molar-refractivity contribution in [3.05, 3.63) is 76.6 Å². The number of hydrogen-bond acceptors (Lipinski definition) is 7. The third kappa shape index (κ3) is 5.15. The first-order valence-corrected chi connectivity index (χ1v) is 10.6. The topological polar surface area (TPSA) is 124 Å². The molecular weight excluding hydrogens is 438 g/mol. The Hall–Kier alpha value is -4.40. The second-order valence-corrected chi connectivity index (χ2v) is 7.59. The van der Waals surface area contributed by atoms with Gasteiger partial charge in [-0.05, 0) is 43.3 Å². The van der Waals surface area contributed by atoms with Crippen molar-refractivity contribution >= 4 is 28.5 Å². The van der Waals surface area contributed by atoms with Crippen LogP contribution < -0.4 is 21.0 Å². The lowest BCUT2D eigenvalue weighted by Crippen LogP contribution is -2.29. The Morgan fingerprint density at radius 1 is 1.09 bits per heavy atom. The number of pyridine rings is 1. The zero-order chi connectivity index (χ0) is 24.1. The first-order chi connectivity index (χ1) is 16.4. The van der Waals surface area contributed by atoms with Crippen LogP contribution in [0.4, 0.5) is 5.69 Å². The average molecular weight is 461 g/mol. The number of methoxy groups -OCH3 is 1. The quantitative estimate of drug-likeness (QED) is 0.412. The summed E-state index contributed by atoms with van der Waals surface area (Å²) < 4.78 is 16.4. The van der Waals surface area contributed by atoms with Crippen molar-refractivity contribution in [1.82, 2.24) is 10.3 Å². The molecule has 0 radical (unpaired) electrons. The maximum Gasteiger partial charge on any atom is 0.347 e. The summed E-state index contributed by atoms with van der Waals surface area (Å²) in [6, 6.07) is 12.2. The third-order valence-electron chi connectivity index (χ3n) is 5.14. The highest BCUT2D eigenvalue weighted by molar-refractivity contribution is 5.93. The molecule has 0 aliphatic carbocycles.